The molecule has 1 fully saturated rings. The van der Waals surface area contributed by atoms with E-state index in [-0.39, 0.29) is 0 Å². The van der Waals surface area contributed by atoms with Crippen LogP contribution in [0.1, 0.15) is 6.42 Å². The van der Waals surface area contributed by atoms with Crippen molar-refractivity contribution in [2.75, 3.05) is 25.5 Å². The van der Waals surface area contributed by atoms with Crippen LogP contribution in [-0.4, -0.2) is 26.2 Å². The lowest BCUT2D eigenvalue weighted by Gasteiger charge is -2.13. The molecule has 3 nitrogen and oxygen atoms in total. The molecule has 0 aromatic heterocycles. The van der Waals surface area contributed by atoms with E-state index in [1.54, 1.807) is 0 Å². The fraction of sp³-hybridized carbons (Fsp3) is 0.455. The minimum absolute atomic E-state index is 0.335. The Bertz CT molecular complexity index is 295. The lowest BCUT2D eigenvalue weighted by molar-refractivity contribution is 0.223. The molecule has 1 heterocycles. The summed E-state index contributed by atoms with van der Waals surface area (Å²) in [5.74, 6) is 0.950. The predicted molar refractivity (Wildman–Crippen MR) is 57.9 cm³/mol. The average Bonchev–Trinajstić information content (AvgIpc) is 2.71. The van der Waals surface area contributed by atoms with Gasteiger partial charge in [0.05, 0.1) is 0 Å². The molecule has 1 aliphatic heterocycles. The predicted octanol–water partition coefficient (Wildman–Crippen LogP) is 1.47. The number of anilines is 1. The molecule has 0 aliphatic carbocycles. The van der Waals surface area contributed by atoms with Crippen molar-refractivity contribution in [1.82, 2.24) is 5.32 Å². The summed E-state index contributed by atoms with van der Waals surface area (Å²) >= 11 is 0. The molecule has 0 saturated carbocycles. The molecule has 0 spiro atoms. The summed E-state index contributed by atoms with van der Waals surface area (Å²) in [6, 6.07) is 8.06. The van der Waals surface area contributed by atoms with E-state index in [1.165, 1.54) is 0 Å². The van der Waals surface area contributed by atoms with Crippen LogP contribution in [0.15, 0.2) is 24.3 Å². The van der Waals surface area contributed by atoms with Crippen LogP contribution in [0.3, 0.4) is 0 Å². The summed E-state index contributed by atoms with van der Waals surface area (Å²) in [7, 11) is 1.91. The zero-order valence-electron chi connectivity index (χ0n) is 8.42. The molecular formula is C11H16N2O. The normalized spacial score (nSPS) is 20.8. The van der Waals surface area contributed by atoms with Gasteiger partial charge in [0, 0.05) is 25.3 Å². The molecule has 1 saturated heterocycles. The minimum Gasteiger partial charge on any atom is -0.489 e. The Labute approximate surface area is 84.5 Å². The van der Waals surface area contributed by atoms with Crippen molar-refractivity contribution >= 4 is 5.69 Å². The van der Waals surface area contributed by atoms with Crippen molar-refractivity contribution in [3.63, 3.8) is 0 Å². The molecule has 76 valence electrons. The average molecular weight is 192 g/mol. The highest BCUT2D eigenvalue weighted by molar-refractivity contribution is 5.47. The van der Waals surface area contributed by atoms with Gasteiger partial charge in [0.25, 0.3) is 0 Å². The monoisotopic (exact) mass is 192 g/mol. The van der Waals surface area contributed by atoms with Crippen molar-refractivity contribution in [3.05, 3.63) is 24.3 Å². The first kappa shape index (κ1) is 9.34. The highest BCUT2D eigenvalue weighted by Crippen LogP contribution is 2.19. The quantitative estimate of drug-likeness (QED) is 0.761. The van der Waals surface area contributed by atoms with Gasteiger partial charge < -0.3 is 15.4 Å². The van der Waals surface area contributed by atoms with Crippen molar-refractivity contribution in [1.29, 1.82) is 0 Å². The molecule has 14 heavy (non-hydrogen) atoms. The smallest absolute Gasteiger partial charge is 0.121 e. The summed E-state index contributed by atoms with van der Waals surface area (Å²) in [5.41, 5.74) is 1.09. The van der Waals surface area contributed by atoms with E-state index in [0.717, 1.165) is 30.9 Å². The second-order valence-corrected chi connectivity index (χ2v) is 3.51. The number of hydrogen-bond acceptors (Lipinski definition) is 3. The van der Waals surface area contributed by atoms with Gasteiger partial charge in [-0.05, 0) is 25.1 Å². The standard InChI is InChI=1S/C11H16N2O/c1-12-9-3-2-4-10(7-9)14-11-5-6-13-8-11/h2-4,7,11-13H,5-6,8H2,1H3. The Morgan fingerprint density at radius 3 is 3.14 bits per heavy atom. The third-order valence-electron chi connectivity index (χ3n) is 2.44. The molecule has 2 N–H and O–H groups in total. The maximum absolute atomic E-state index is 5.82. The minimum atomic E-state index is 0.335. The van der Waals surface area contributed by atoms with Crippen molar-refractivity contribution in [2.24, 2.45) is 0 Å². The van der Waals surface area contributed by atoms with Gasteiger partial charge in [-0.15, -0.1) is 0 Å². The lowest BCUT2D eigenvalue weighted by Crippen LogP contribution is -2.19. The van der Waals surface area contributed by atoms with Crippen LogP contribution >= 0.6 is 0 Å². The van der Waals surface area contributed by atoms with Gasteiger partial charge in [0.1, 0.15) is 11.9 Å². The van der Waals surface area contributed by atoms with Crippen LogP contribution in [0.25, 0.3) is 0 Å². The van der Waals surface area contributed by atoms with Crippen LogP contribution in [0.2, 0.25) is 0 Å². The molecule has 0 amide bonds. The van der Waals surface area contributed by atoms with Gasteiger partial charge in [-0.1, -0.05) is 6.07 Å². The Kier molecular flexibility index (Phi) is 2.89. The summed E-state index contributed by atoms with van der Waals surface area (Å²) < 4.78 is 5.82. The fourth-order valence-corrected chi connectivity index (χ4v) is 1.65. The Balaban J connectivity index is 2.00. The van der Waals surface area contributed by atoms with Crippen LogP contribution in [0, 0.1) is 0 Å². The van der Waals surface area contributed by atoms with Crippen LogP contribution in [0.4, 0.5) is 5.69 Å². The molecule has 1 aliphatic rings. The molecule has 1 unspecified atom stereocenters. The summed E-state index contributed by atoms with van der Waals surface area (Å²) in [5, 5.41) is 6.38. The summed E-state index contributed by atoms with van der Waals surface area (Å²) in [4.78, 5) is 0. The molecule has 0 radical (unpaired) electrons. The second kappa shape index (κ2) is 4.33. The zero-order valence-corrected chi connectivity index (χ0v) is 8.42. The topological polar surface area (TPSA) is 33.3 Å². The van der Waals surface area contributed by atoms with Crippen LogP contribution < -0.4 is 15.4 Å². The summed E-state index contributed by atoms with van der Waals surface area (Å²) in [6.07, 6.45) is 1.44. The third kappa shape index (κ3) is 2.17. The molecule has 1 aromatic rings. The van der Waals surface area contributed by atoms with E-state index in [4.69, 9.17) is 4.74 Å². The van der Waals surface area contributed by atoms with Crippen molar-refractivity contribution in [3.8, 4) is 5.75 Å². The van der Waals surface area contributed by atoms with Gasteiger partial charge in [-0.2, -0.15) is 0 Å². The first-order valence-electron chi connectivity index (χ1n) is 5.03. The fourth-order valence-electron chi connectivity index (χ4n) is 1.65. The molecule has 2 rings (SSSR count). The molecule has 1 atom stereocenters. The Morgan fingerprint density at radius 2 is 2.43 bits per heavy atom. The maximum Gasteiger partial charge on any atom is 0.121 e. The van der Waals surface area contributed by atoms with Crippen LogP contribution in [-0.2, 0) is 0 Å². The van der Waals surface area contributed by atoms with E-state index in [2.05, 4.69) is 10.6 Å². The van der Waals surface area contributed by atoms with Gasteiger partial charge in [-0.3, -0.25) is 0 Å². The molecule has 0 bridgehead atoms. The molecule has 3 heteroatoms. The SMILES string of the molecule is CNc1cccc(OC2CCNC2)c1. The Morgan fingerprint density at radius 1 is 1.50 bits per heavy atom. The van der Waals surface area contributed by atoms with Gasteiger partial charge in [0.15, 0.2) is 0 Å². The number of rotatable bonds is 3. The van der Waals surface area contributed by atoms with E-state index >= 15 is 0 Å². The molecule has 1 aromatic carbocycles. The molecular weight excluding hydrogens is 176 g/mol. The number of hydrogen-bond donors (Lipinski definition) is 2. The highest BCUT2D eigenvalue weighted by atomic mass is 16.5. The van der Waals surface area contributed by atoms with Crippen molar-refractivity contribution < 1.29 is 4.74 Å². The van der Waals surface area contributed by atoms with E-state index in [9.17, 15) is 0 Å². The van der Waals surface area contributed by atoms with E-state index in [1.807, 2.05) is 31.3 Å². The van der Waals surface area contributed by atoms with Gasteiger partial charge >= 0.3 is 0 Å². The third-order valence-corrected chi connectivity index (χ3v) is 2.44. The number of nitrogens with one attached hydrogen (secondary N) is 2. The number of benzene rings is 1. The highest BCUT2D eigenvalue weighted by Gasteiger charge is 2.15. The van der Waals surface area contributed by atoms with E-state index < -0.39 is 0 Å². The van der Waals surface area contributed by atoms with Crippen molar-refractivity contribution in [2.45, 2.75) is 12.5 Å². The van der Waals surface area contributed by atoms with E-state index in [0.29, 0.717) is 6.10 Å². The second-order valence-electron chi connectivity index (χ2n) is 3.51. The largest absolute Gasteiger partial charge is 0.489 e. The maximum atomic E-state index is 5.82. The van der Waals surface area contributed by atoms with Gasteiger partial charge in [-0.25, -0.2) is 0 Å². The van der Waals surface area contributed by atoms with Gasteiger partial charge in [0.2, 0.25) is 0 Å². The first-order valence-corrected chi connectivity index (χ1v) is 5.03. The summed E-state index contributed by atoms with van der Waals surface area (Å²) in [6.45, 7) is 2.03. The Hall–Kier alpha value is -1.22. The lowest BCUT2D eigenvalue weighted by atomic mass is 10.3. The number of ether oxygens (including phenoxy) is 1. The van der Waals surface area contributed by atoms with Crippen LogP contribution in [0.5, 0.6) is 5.75 Å². The first-order chi connectivity index (χ1) is 6.88. The zero-order chi connectivity index (χ0) is 9.80.